The molecule has 0 aromatic heterocycles. The molecule has 0 aliphatic heterocycles. The SMILES string of the molecule is CCCCCCCCCCCC(=O)c1c(C)c(CCO)c(OC)c(C(=O)O)c1C. The standard InChI is InChI=1S/C24H38O5/c1-5-6-7-8-9-10-11-12-13-14-20(26)21-17(2)19(15-16-25)23(29-4)22(18(21)3)24(27)28/h25H,5-16H2,1-4H3,(H,27,28). The Labute approximate surface area is 175 Å². The molecule has 5 nitrogen and oxygen atoms in total. The second kappa shape index (κ2) is 13.4. The van der Waals surface area contributed by atoms with Crippen molar-refractivity contribution in [2.75, 3.05) is 13.7 Å². The summed E-state index contributed by atoms with van der Waals surface area (Å²) in [5, 5.41) is 19.1. The number of aromatic carboxylic acids is 1. The maximum Gasteiger partial charge on any atom is 0.339 e. The van der Waals surface area contributed by atoms with Gasteiger partial charge in [-0.25, -0.2) is 4.79 Å². The van der Waals surface area contributed by atoms with Gasteiger partial charge in [0.15, 0.2) is 5.78 Å². The van der Waals surface area contributed by atoms with Crippen molar-refractivity contribution in [3.05, 3.63) is 27.8 Å². The summed E-state index contributed by atoms with van der Waals surface area (Å²) in [4.78, 5) is 24.7. The molecule has 0 aliphatic rings. The largest absolute Gasteiger partial charge is 0.496 e. The van der Waals surface area contributed by atoms with Crippen LogP contribution in [0.15, 0.2) is 0 Å². The van der Waals surface area contributed by atoms with Crippen LogP contribution in [0.4, 0.5) is 0 Å². The van der Waals surface area contributed by atoms with Crippen molar-refractivity contribution in [1.29, 1.82) is 0 Å². The number of carboxylic acid groups (broad SMARTS) is 1. The third kappa shape index (κ3) is 7.14. The minimum absolute atomic E-state index is 0.0210. The summed E-state index contributed by atoms with van der Waals surface area (Å²) in [6, 6.07) is 0. The average Bonchev–Trinajstić information content (AvgIpc) is 2.68. The van der Waals surface area contributed by atoms with E-state index in [2.05, 4.69) is 6.92 Å². The Morgan fingerprint density at radius 1 is 0.862 bits per heavy atom. The van der Waals surface area contributed by atoms with E-state index in [9.17, 15) is 19.8 Å². The fraction of sp³-hybridized carbons (Fsp3) is 0.667. The molecule has 1 rings (SSSR count). The molecule has 0 unspecified atom stereocenters. The number of ether oxygens (including phenoxy) is 1. The van der Waals surface area contributed by atoms with Crippen LogP contribution in [0.5, 0.6) is 5.75 Å². The van der Waals surface area contributed by atoms with Gasteiger partial charge in [-0.2, -0.15) is 0 Å². The van der Waals surface area contributed by atoms with Crippen LogP contribution in [0.2, 0.25) is 0 Å². The number of hydrogen-bond donors (Lipinski definition) is 2. The smallest absolute Gasteiger partial charge is 0.339 e. The zero-order valence-corrected chi connectivity index (χ0v) is 18.6. The molecule has 164 valence electrons. The van der Waals surface area contributed by atoms with Crippen molar-refractivity contribution < 1.29 is 24.5 Å². The molecule has 2 N–H and O–H groups in total. The summed E-state index contributed by atoms with van der Waals surface area (Å²) in [5.74, 6) is -0.885. The quantitative estimate of drug-likeness (QED) is 0.290. The molecule has 0 saturated heterocycles. The van der Waals surface area contributed by atoms with E-state index < -0.39 is 5.97 Å². The number of carbonyl (C=O) groups is 2. The van der Waals surface area contributed by atoms with E-state index >= 15 is 0 Å². The van der Waals surface area contributed by atoms with Gasteiger partial charge in [-0.1, -0.05) is 58.3 Å². The molecule has 0 amide bonds. The highest BCUT2D eigenvalue weighted by atomic mass is 16.5. The molecule has 5 heteroatoms. The number of rotatable bonds is 15. The number of aliphatic hydroxyl groups excluding tert-OH is 1. The molecule has 0 fully saturated rings. The summed E-state index contributed by atoms with van der Waals surface area (Å²) in [6.07, 6.45) is 11.3. The molecule has 1 aromatic rings. The maximum absolute atomic E-state index is 12.9. The highest BCUT2D eigenvalue weighted by molar-refractivity contribution is 6.04. The number of ketones is 1. The lowest BCUT2D eigenvalue weighted by molar-refractivity contribution is 0.0692. The van der Waals surface area contributed by atoms with Crippen molar-refractivity contribution in [3.63, 3.8) is 0 Å². The molecule has 1 aromatic carbocycles. The first kappa shape index (κ1) is 25.2. The predicted molar refractivity (Wildman–Crippen MR) is 116 cm³/mol. The average molecular weight is 407 g/mol. The zero-order chi connectivity index (χ0) is 21.8. The normalized spacial score (nSPS) is 10.9. The van der Waals surface area contributed by atoms with Crippen LogP contribution in [0.1, 0.15) is 109 Å². The van der Waals surface area contributed by atoms with E-state index in [4.69, 9.17) is 4.74 Å². The van der Waals surface area contributed by atoms with Crippen LogP contribution < -0.4 is 4.74 Å². The molecule has 0 atom stereocenters. The number of benzene rings is 1. The number of methoxy groups -OCH3 is 1. The molecular formula is C24H38O5. The monoisotopic (exact) mass is 406 g/mol. The zero-order valence-electron chi connectivity index (χ0n) is 18.6. The van der Waals surface area contributed by atoms with E-state index in [1.165, 1.54) is 45.6 Å². The summed E-state index contributed by atoms with van der Waals surface area (Å²) < 4.78 is 5.34. The van der Waals surface area contributed by atoms with Gasteiger partial charge in [0.1, 0.15) is 11.3 Å². The molecule has 0 saturated carbocycles. The number of aliphatic hydroxyl groups is 1. The lowest BCUT2D eigenvalue weighted by Gasteiger charge is -2.20. The van der Waals surface area contributed by atoms with Gasteiger partial charge < -0.3 is 14.9 Å². The highest BCUT2D eigenvalue weighted by Gasteiger charge is 2.26. The van der Waals surface area contributed by atoms with Crippen LogP contribution in [0.3, 0.4) is 0 Å². The Morgan fingerprint density at radius 3 is 1.90 bits per heavy atom. The summed E-state index contributed by atoms with van der Waals surface area (Å²) in [6.45, 7) is 5.57. The Hall–Kier alpha value is -1.88. The van der Waals surface area contributed by atoms with Gasteiger partial charge in [-0.3, -0.25) is 4.79 Å². The molecule has 0 aliphatic carbocycles. The lowest BCUT2D eigenvalue weighted by Crippen LogP contribution is -2.15. The van der Waals surface area contributed by atoms with Crippen molar-refractivity contribution in [1.82, 2.24) is 0 Å². The fourth-order valence-corrected chi connectivity index (χ4v) is 4.08. The van der Waals surface area contributed by atoms with Crippen molar-refractivity contribution in [2.45, 2.75) is 91.4 Å². The van der Waals surface area contributed by atoms with Crippen LogP contribution in [-0.4, -0.2) is 35.7 Å². The molecular weight excluding hydrogens is 368 g/mol. The van der Waals surface area contributed by atoms with Gasteiger partial charge in [0.05, 0.1) is 7.11 Å². The first-order valence-electron chi connectivity index (χ1n) is 11.0. The second-order valence-electron chi connectivity index (χ2n) is 7.79. The van der Waals surface area contributed by atoms with Crippen molar-refractivity contribution in [3.8, 4) is 5.75 Å². The van der Waals surface area contributed by atoms with E-state index in [1.807, 2.05) is 6.92 Å². The number of hydrogen-bond acceptors (Lipinski definition) is 4. The number of carboxylic acids is 1. The Kier molecular flexibility index (Phi) is 11.6. The topological polar surface area (TPSA) is 83.8 Å². The van der Waals surface area contributed by atoms with Crippen LogP contribution in [0.25, 0.3) is 0 Å². The number of carbonyl (C=O) groups excluding carboxylic acids is 1. The van der Waals surface area contributed by atoms with Gasteiger partial charge >= 0.3 is 5.97 Å². The van der Waals surface area contributed by atoms with Crippen molar-refractivity contribution in [2.24, 2.45) is 0 Å². The molecule has 29 heavy (non-hydrogen) atoms. The Bertz CT molecular complexity index is 679. The highest BCUT2D eigenvalue weighted by Crippen LogP contribution is 2.35. The van der Waals surface area contributed by atoms with Crippen LogP contribution >= 0.6 is 0 Å². The van der Waals surface area contributed by atoms with Gasteiger partial charge in [-0.15, -0.1) is 0 Å². The first-order valence-corrected chi connectivity index (χ1v) is 11.0. The molecule has 0 heterocycles. The first-order chi connectivity index (χ1) is 13.9. The van der Waals surface area contributed by atoms with Crippen molar-refractivity contribution >= 4 is 11.8 Å². The van der Waals surface area contributed by atoms with Gasteiger partial charge in [0.25, 0.3) is 0 Å². The third-order valence-corrected chi connectivity index (χ3v) is 5.64. The minimum Gasteiger partial charge on any atom is -0.496 e. The van der Waals surface area contributed by atoms with Crippen LogP contribution in [-0.2, 0) is 6.42 Å². The van der Waals surface area contributed by atoms with E-state index in [0.29, 0.717) is 23.1 Å². The minimum atomic E-state index is -1.12. The maximum atomic E-state index is 12.9. The van der Waals surface area contributed by atoms with Gasteiger partial charge in [0, 0.05) is 24.2 Å². The van der Waals surface area contributed by atoms with Crippen LogP contribution in [0, 0.1) is 13.8 Å². The van der Waals surface area contributed by atoms with E-state index in [-0.39, 0.29) is 30.1 Å². The van der Waals surface area contributed by atoms with E-state index in [1.54, 1.807) is 6.92 Å². The predicted octanol–water partition coefficient (Wildman–Crippen LogP) is 5.65. The lowest BCUT2D eigenvalue weighted by atomic mass is 9.87. The third-order valence-electron chi connectivity index (χ3n) is 5.64. The number of Topliss-reactive ketones (excluding diaryl/α,β-unsaturated/α-hetero) is 1. The van der Waals surface area contributed by atoms with Gasteiger partial charge in [0.2, 0.25) is 0 Å². The number of unbranched alkanes of at least 4 members (excludes halogenated alkanes) is 8. The van der Waals surface area contributed by atoms with E-state index in [0.717, 1.165) is 24.8 Å². The summed E-state index contributed by atoms with van der Waals surface area (Å²) >= 11 is 0. The molecule has 0 bridgehead atoms. The molecule has 0 spiro atoms. The Balaban J connectivity index is 2.81. The summed E-state index contributed by atoms with van der Waals surface area (Å²) in [5.41, 5.74) is 2.28. The molecule has 0 radical (unpaired) electrons. The fourth-order valence-electron chi connectivity index (χ4n) is 4.08. The van der Waals surface area contributed by atoms with Gasteiger partial charge in [-0.05, 0) is 37.8 Å². The summed E-state index contributed by atoms with van der Waals surface area (Å²) in [7, 11) is 1.42. The second-order valence-corrected chi connectivity index (χ2v) is 7.79. The Morgan fingerprint density at radius 2 is 1.41 bits per heavy atom.